The van der Waals surface area contributed by atoms with Crippen LogP contribution in [-0.4, -0.2) is 48.0 Å². The van der Waals surface area contributed by atoms with Gasteiger partial charge in [-0.2, -0.15) is 0 Å². The summed E-state index contributed by atoms with van der Waals surface area (Å²) in [4.78, 5) is 18.4. The molecule has 17 heavy (non-hydrogen) atoms. The van der Waals surface area contributed by atoms with Crippen molar-refractivity contribution in [3.63, 3.8) is 0 Å². The zero-order valence-electron chi connectivity index (χ0n) is 10.0. The van der Waals surface area contributed by atoms with Crippen LogP contribution in [0.5, 0.6) is 0 Å². The van der Waals surface area contributed by atoms with Gasteiger partial charge >= 0.3 is 0 Å². The van der Waals surface area contributed by atoms with E-state index in [-0.39, 0.29) is 11.9 Å². The Morgan fingerprint density at radius 2 is 2.47 bits per heavy atom. The minimum Gasteiger partial charge on any atom is -0.331 e. The van der Waals surface area contributed by atoms with Gasteiger partial charge in [-0.1, -0.05) is 6.07 Å². The van der Waals surface area contributed by atoms with Gasteiger partial charge in [-0.25, -0.2) is 4.98 Å². The summed E-state index contributed by atoms with van der Waals surface area (Å²) in [5.74, 6) is -0.0225. The molecule has 1 atom stereocenters. The highest BCUT2D eigenvalue weighted by molar-refractivity contribution is 5.92. The number of pyridine rings is 1. The van der Waals surface area contributed by atoms with Crippen LogP contribution in [0.3, 0.4) is 0 Å². The van der Waals surface area contributed by atoms with Gasteiger partial charge in [0.15, 0.2) is 0 Å². The number of hydrogen-bond acceptors (Lipinski definition) is 4. The Hall–Kier alpha value is -1.46. The average Bonchev–Trinajstić information content (AvgIpc) is 2.38. The standard InChI is InChI=1S/C12H18N4O/c1-9-3-2-4-11(15-9)12(17)16-6-5-14-8-10(16)7-13/h2-4,10,14H,5-8,13H2,1H3. The van der Waals surface area contributed by atoms with Crippen molar-refractivity contribution in [2.24, 2.45) is 5.73 Å². The number of nitrogens with zero attached hydrogens (tertiary/aromatic N) is 2. The van der Waals surface area contributed by atoms with Crippen LogP contribution in [-0.2, 0) is 0 Å². The summed E-state index contributed by atoms with van der Waals surface area (Å²) in [7, 11) is 0. The van der Waals surface area contributed by atoms with E-state index >= 15 is 0 Å². The van der Waals surface area contributed by atoms with Gasteiger partial charge < -0.3 is 16.0 Å². The van der Waals surface area contributed by atoms with Crippen LogP contribution in [0, 0.1) is 6.92 Å². The van der Waals surface area contributed by atoms with Gasteiger partial charge in [0, 0.05) is 31.9 Å². The van der Waals surface area contributed by atoms with Gasteiger partial charge in [-0.15, -0.1) is 0 Å². The number of amides is 1. The maximum atomic E-state index is 12.3. The summed E-state index contributed by atoms with van der Waals surface area (Å²) in [6.07, 6.45) is 0. The van der Waals surface area contributed by atoms with E-state index in [4.69, 9.17) is 5.73 Å². The first kappa shape index (κ1) is 12.0. The number of nitrogens with two attached hydrogens (primary N) is 1. The minimum absolute atomic E-state index is 0.0225. The molecule has 0 radical (unpaired) electrons. The molecule has 2 rings (SSSR count). The van der Waals surface area contributed by atoms with Crippen molar-refractivity contribution in [3.8, 4) is 0 Å². The number of hydrogen-bond donors (Lipinski definition) is 2. The Morgan fingerprint density at radius 1 is 1.65 bits per heavy atom. The number of aryl methyl sites for hydroxylation is 1. The van der Waals surface area contributed by atoms with E-state index in [9.17, 15) is 4.79 Å². The van der Waals surface area contributed by atoms with Crippen molar-refractivity contribution in [1.29, 1.82) is 0 Å². The fraction of sp³-hybridized carbons (Fsp3) is 0.500. The molecule has 92 valence electrons. The van der Waals surface area contributed by atoms with Crippen LogP contribution in [0.4, 0.5) is 0 Å². The number of rotatable bonds is 2. The molecule has 5 heteroatoms. The minimum atomic E-state index is -0.0225. The summed E-state index contributed by atoms with van der Waals surface area (Å²) in [5, 5.41) is 3.24. The van der Waals surface area contributed by atoms with Crippen molar-refractivity contribution in [3.05, 3.63) is 29.6 Å². The first-order chi connectivity index (χ1) is 8.22. The summed E-state index contributed by atoms with van der Waals surface area (Å²) < 4.78 is 0. The Kier molecular flexibility index (Phi) is 3.71. The average molecular weight is 234 g/mol. The maximum Gasteiger partial charge on any atom is 0.272 e. The van der Waals surface area contributed by atoms with Crippen LogP contribution in [0.25, 0.3) is 0 Å². The Labute approximate surface area is 101 Å². The lowest BCUT2D eigenvalue weighted by atomic mass is 10.1. The van der Waals surface area contributed by atoms with E-state index < -0.39 is 0 Å². The highest BCUT2D eigenvalue weighted by Crippen LogP contribution is 2.08. The molecule has 2 heterocycles. The number of carbonyl (C=O) groups is 1. The Balaban J connectivity index is 2.18. The SMILES string of the molecule is Cc1cccc(C(=O)N2CCNCC2CN)n1. The molecule has 1 aliphatic heterocycles. The highest BCUT2D eigenvalue weighted by Gasteiger charge is 2.26. The summed E-state index contributed by atoms with van der Waals surface area (Å²) in [6, 6.07) is 5.56. The van der Waals surface area contributed by atoms with Gasteiger partial charge in [-0.3, -0.25) is 4.79 Å². The third-order valence-electron chi connectivity index (χ3n) is 2.99. The fourth-order valence-corrected chi connectivity index (χ4v) is 2.05. The largest absolute Gasteiger partial charge is 0.331 e. The van der Waals surface area contributed by atoms with Crippen molar-refractivity contribution in [2.45, 2.75) is 13.0 Å². The predicted molar refractivity (Wildman–Crippen MR) is 65.7 cm³/mol. The van der Waals surface area contributed by atoms with Crippen LogP contribution < -0.4 is 11.1 Å². The molecule has 1 aliphatic rings. The maximum absolute atomic E-state index is 12.3. The van der Waals surface area contributed by atoms with Crippen molar-refractivity contribution >= 4 is 5.91 Å². The number of carbonyl (C=O) groups excluding carboxylic acids is 1. The van der Waals surface area contributed by atoms with Crippen molar-refractivity contribution in [2.75, 3.05) is 26.2 Å². The molecule has 1 fully saturated rings. The van der Waals surface area contributed by atoms with Gasteiger partial charge in [0.05, 0.1) is 6.04 Å². The van der Waals surface area contributed by atoms with E-state index in [1.54, 1.807) is 6.07 Å². The van der Waals surface area contributed by atoms with Crippen LogP contribution in [0.1, 0.15) is 16.2 Å². The van der Waals surface area contributed by atoms with Crippen molar-refractivity contribution < 1.29 is 4.79 Å². The van der Waals surface area contributed by atoms with Crippen molar-refractivity contribution in [1.82, 2.24) is 15.2 Å². The smallest absolute Gasteiger partial charge is 0.272 e. The Morgan fingerprint density at radius 3 is 3.18 bits per heavy atom. The van der Waals surface area contributed by atoms with Crippen LogP contribution >= 0.6 is 0 Å². The molecule has 1 aromatic heterocycles. The normalized spacial score (nSPS) is 20.4. The third-order valence-corrected chi connectivity index (χ3v) is 2.99. The second-order valence-corrected chi connectivity index (χ2v) is 4.26. The van der Waals surface area contributed by atoms with E-state index in [0.717, 1.165) is 18.8 Å². The monoisotopic (exact) mass is 234 g/mol. The molecular formula is C12H18N4O. The molecular weight excluding hydrogens is 216 g/mol. The second-order valence-electron chi connectivity index (χ2n) is 4.26. The molecule has 1 unspecified atom stereocenters. The van der Waals surface area contributed by atoms with Gasteiger partial charge in [-0.05, 0) is 19.1 Å². The van der Waals surface area contributed by atoms with Crippen LogP contribution in [0.2, 0.25) is 0 Å². The van der Waals surface area contributed by atoms with Crippen LogP contribution in [0.15, 0.2) is 18.2 Å². The molecule has 0 saturated carbocycles. The molecule has 3 N–H and O–H groups in total. The predicted octanol–water partition coefficient (Wildman–Crippen LogP) is -0.237. The van der Waals surface area contributed by atoms with Gasteiger partial charge in [0.2, 0.25) is 0 Å². The summed E-state index contributed by atoms with van der Waals surface area (Å²) in [5.41, 5.74) is 7.05. The topological polar surface area (TPSA) is 71.2 Å². The third kappa shape index (κ3) is 2.62. The fourth-order valence-electron chi connectivity index (χ4n) is 2.05. The number of nitrogens with one attached hydrogen (secondary N) is 1. The van der Waals surface area contributed by atoms with Gasteiger partial charge in [0.1, 0.15) is 5.69 Å². The van der Waals surface area contributed by atoms with E-state index in [2.05, 4.69) is 10.3 Å². The zero-order chi connectivity index (χ0) is 12.3. The summed E-state index contributed by atoms with van der Waals surface area (Å²) >= 11 is 0. The van der Waals surface area contributed by atoms with E-state index in [1.165, 1.54) is 0 Å². The Bertz CT molecular complexity index is 407. The molecule has 0 spiro atoms. The number of aromatic nitrogens is 1. The molecule has 0 bridgehead atoms. The highest BCUT2D eigenvalue weighted by atomic mass is 16.2. The molecule has 5 nitrogen and oxygen atoms in total. The number of piperazine rings is 1. The molecule has 1 amide bonds. The zero-order valence-corrected chi connectivity index (χ0v) is 10.0. The molecule has 0 aliphatic carbocycles. The molecule has 0 aromatic carbocycles. The molecule has 1 aromatic rings. The van der Waals surface area contributed by atoms with E-state index in [1.807, 2.05) is 24.0 Å². The lowest BCUT2D eigenvalue weighted by Gasteiger charge is -2.35. The second kappa shape index (κ2) is 5.25. The first-order valence-electron chi connectivity index (χ1n) is 5.88. The van der Waals surface area contributed by atoms with Gasteiger partial charge in [0.25, 0.3) is 5.91 Å². The molecule has 1 saturated heterocycles. The summed E-state index contributed by atoms with van der Waals surface area (Å²) in [6.45, 7) is 4.62. The quantitative estimate of drug-likeness (QED) is 0.741. The lowest BCUT2D eigenvalue weighted by Crippen LogP contribution is -2.56. The van der Waals surface area contributed by atoms with E-state index in [0.29, 0.717) is 18.8 Å². The first-order valence-corrected chi connectivity index (χ1v) is 5.88. The lowest BCUT2D eigenvalue weighted by molar-refractivity contribution is 0.0638.